The normalized spacial score (nSPS) is 10.2. The summed E-state index contributed by atoms with van der Waals surface area (Å²) in [5.74, 6) is 0.525. The van der Waals surface area contributed by atoms with Crippen LogP contribution in [-0.4, -0.2) is 23.1 Å². The minimum Gasteiger partial charge on any atom is -0.497 e. The van der Waals surface area contributed by atoms with Crippen LogP contribution in [0.4, 0.5) is 0 Å². The fraction of sp³-hybridized carbons (Fsp3) is 0.150. The zero-order chi connectivity index (χ0) is 19.9. The first-order valence-corrected chi connectivity index (χ1v) is 9.79. The summed E-state index contributed by atoms with van der Waals surface area (Å²) >= 11 is 6.56. The number of hydrazine groups is 1. The van der Waals surface area contributed by atoms with Gasteiger partial charge in [0, 0.05) is 12.1 Å². The van der Waals surface area contributed by atoms with Gasteiger partial charge in [0.15, 0.2) is 5.11 Å². The molecule has 0 saturated heterocycles. The van der Waals surface area contributed by atoms with Gasteiger partial charge in [0.05, 0.1) is 12.8 Å². The predicted octanol–water partition coefficient (Wildman–Crippen LogP) is 3.44. The zero-order valence-electron chi connectivity index (χ0n) is 15.5. The number of carbonyl (C=O) groups is 1. The van der Waals surface area contributed by atoms with Crippen LogP contribution in [0.15, 0.2) is 54.6 Å². The molecule has 1 heterocycles. The van der Waals surface area contributed by atoms with E-state index in [-0.39, 0.29) is 5.91 Å². The van der Waals surface area contributed by atoms with E-state index in [1.54, 1.807) is 7.11 Å². The van der Waals surface area contributed by atoms with Gasteiger partial charge in [0.2, 0.25) is 0 Å². The molecule has 144 valence electrons. The Hall–Kier alpha value is -2.97. The van der Waals surface area contributed by atoms with E-state index in [1.165, 1.54) is 11.3 Å². The minimum atomic E-state index is -0.272. The lowest BCUT2D eigenvalue weighted by Gasteiger charge is -2.11. The van der Waals surface area contributed by atoms with Crippen molar-refractivity contribution < 1.29 is 9.53 Å². The molecule has 2 aromatic carbocycles. The molecular formula is C20H20N4O2S2. The second-order valence-corrected chi connectivity index (χ2v) is 7.32. The molecule has 6 nitrogen and oxygen atoms in total. The third kappa shape index (κ3) is 5.05. The molecule has 0 spiro atoms. The number of hydrogen-bond donors (Lipinski definition) is 3. The number of nitrogens with one attached hydrogen (secondary N) is 3. The highest BCUT2D eigenvalue weighted by molar-refractivity contribution is 7.80. The second-order valence-electron chi connectivity index (χ2n) is 5.91. The van der Waals surface area contributed by atoms with Crippen molar-refractivity contribution in [3.8, 4) is 16.3 Å². The van der Waals surface area contributed by atoms with E-state index in [4.69, 9.17) is 17.0 Å². The van der Waals surface area contributed by atoms with Crippen molar-refractivity contribution in [1.82, 2.24) is 21.2 Å². The summed E-state index contributed by atoms with van der Waals surface area (Å²) in [5, 5.41) is 4.18. The summed E-state index contributed by atoms with van der Waals surface area (Å²) in [4.78, 5) is 17.5. The highest BCUT2D eigenvalue weighted by atomic mass is 32.1. The van der Waals surface area contributed by atoms with Crippen LogP contribution in [0.1, 0.15) is 20.9 Å². The molecule has 0 atom stereocenters. The number of nitrogens with zero attached hydrogens (tertiary/aromatic N) is 1. The van der Waals surface area contributed by atoms with Crippen molar-refractivity contribution in [1.29, 1.82) is 0 Å². The standard InChI is InChI=1S/C20H20N4O2S2/c1-13-17(28-19(22-13)15-6-4-3-5-7-15)18(25)23-24-20(27)21-12-14-8-10-16(26-2)11-9-14/h3-11H,12H2,1-2H3,(H,23,25)(H2,21,24,27). The molecule has 3 rings (SSSR count). The van der Waals surface area contributed by atoms with Gasteiger partial charge >= 0.3 is 0 Å². The number of hydrogen-bond acceptors (Lipinski definition) is 5. The number of ether oxygens (including phenoxy) is 1. The first-order chi connectivity index (χ1) is 13.6. The number of carbonyl (C=O) groups excluding carboxylic acids is 1. The Kier molecular flexibility index (Phi) is 6.57. The fourth-order valence-corrected chi connectivity index (χ4v) is 3.54. The number of methoxy groups -OCH3 is 1. The van der Waals surface area contributed by atoms with Crippen molar-refractivity contribution in [2.45, 2.75) is 13.5 Å². The second kappa shape index (κ2) is 9.29. The Morgan fingerprint density at radius 3 is 2.50 bits per heavy atom. The van der Waals surface area contributed by atoms with Crippen LogP contribution in [-0.2, 0) is 6.54 Å². The first kappa shape index (κ1) is 19.8. The van der Waals surface area contributed by atoms with E-state index in [2.05, 4.69) is 21.2 Å². The molecule has 0 aliphatic heterocycles. The number of thiocarbonyl (C=S) groups is 1. The Morgan fingerprint density at radius 1 is 1.11 bits per heavy atom. The van der Waals surface area contributed by atoms with Crippen LogP contribution < -0.4 is 20.9 Å². The van der Waals surface area contributed by atoms with Gasteiger partial charge in [0.25, 0.3) is 5.91 Å². The predicted molar refractivity (Wildman–Crippen MR) is 115 cm³/mol. The van der Waals surface area contributed by atoms with Gasteiger partial charge in [-0.3, -0.25) is 15.6 Å². The Bertz CT molecular complexity index is 956. The molecule has 0 aliphatic rings. The van der Waals surface area contributed by atoms with Gasteiger partial charge in [-0.15, -0.1) is 11.3 Å². The summed E-state index contributed by atoms with van der Waals surface area (Å²) in [6.07, 6.45) is 0. The van der Waals surface area contributed by atoms with Gasteiger partial charge in [0.1, 0.15) is 15.6 Å². The van der Waals surface area contributed by atoms with Crippen molar-refractivity contribution >= 4 is 34.6 Å². The molecule has 0 bridgehead atoms. The lowest BCUT2D eigenvalue weighted by molar-refractivity contribution is 0.0947. The average molecular weight is 413 g/mol. The number of aromatic nitrogens is 1. The SMILES string of the molecule is COc1ccc(CNC(=S)NNC(=O)c2sc(-c3ccccc3)nc2C)cc1. The Morgan fingerprint density at radius 2 is 1.82 bits per heavy atom. The van der Waals surface area contributed by atoms with E-state index in [1.807, 2.05) is 61.5 Å². The van der Waals surface area contributed by atoms with E-state index in [0.29, 0.717) is 22.2 Å². The number of rotatable bonds is 5. The lowest BCUT2D eigenvalue weighted by Crippen LogP contribution is -2.46. The quantitative estimate of drug-likeness (QED) is 0.440. The van der Waals surface area contributed by atoms with Crippen LogP contribution in [0.5, 0.6) is 5.75 Å². The minimum absolute atomic E-state index is 0.272. The molecule has 0 fully saturated rings. The highest BCUT2D eigenvalue weighted by Gasteiger charge is 2.16. The van der Waals surface area contributed by atoms with Crippen LogP contribution in [0.25, 0.3) is 10.6 Å². The molecule has 0 unspecified atom stereocenters. The Labute approximate surface area is 172 Å². The Balaban J connectivity index is 1.52. The van der Waals surface area contributed by atoms with Crippen molar-refractivity contribution in [2.24, 2.45) is 0 Å². The van der Waals surface area contributed by atoms with Crippen molar-refractivity contribution in [2.75, 3.05) is 7.11 Å². The van der Waals surface area contributed by atoms with Crippen LogP contribution >= 0.6 is 23.6 Å². The summed E-state index contributed by atoms with van der Waals surface area (Å²) in [7, 11) is 1.63. The molecule has 3 N–H and O–H groups in total. The number of thiazole rings is 1. The highest BCUT2D eigenvalue weighted by Crippen LogP contribution is 2.27. The maximum Gasteiger partial charge on any atom is 0.281 e. The fourth-order valence-electron chi connectivity index (χ4n) is 2.45. The van der Waals surface area contributed by atoms with Crippen LogP contribution in [0.3, 0.4) is 0 Å². The summed E-state index contributed by atoms with van der Waals surface area (Å²) in [5.41, 5.74) is 8.05. The lowest BCUT2D eigenvalue weighted by atomic mass is 10.2. The number of aryl methyl sites for hydroxylation is 1. The molecular weight excluding hydrogens is 392 g/mol. The van der Waals surface area contributed by atoms with Crippen molar-refractivity contribution in [3.63, 3.8) is 0 Å². The zero-order valence-corrected chi connectivity index (χ0v) is 17.1. The largest absolute Gasteiger partial charge is 0.497 e. The molecule has 8 heteroatoms. The van der Waals surface area contributed by atoms with Crippen LogP contribution in [0.2, 0.25) is 0 Å². The average Bonchev–Trinajstić information content (AvgIpc) is 3.13. The maximum absolute atomic E-state index is 12.5. The van der Waals surface area contributed by atoms with E-state index < -0.39 is 0 Å². The molecule has 28 heavy (non-hydrogen) atoms. The van der Waals surface area contributed by atoms with Gasteiger partial charge in [-0.2, -0.15) is 0 Å². The summed E-state index contributed by atoms with van der Waals surface area (Å²) < 4.78 is 5.13. The molecule has 1 amide bonds. The van der Waals surface area contributed by atoms with Crippen molar-refractivity contribution in [3.05, 3.63) is 70.7 Å². The molecule has 0 aliphatic carbocycles. The third-order valence-corrected chi connectivity index (χ3v) is 5.38. The number of benzene rings is 2. The summed E-state index contributed by atoms with van der Waals surface area (Å²) in [6, 6.07) is 17.4. The molecule has 0 saturated carbocycles. The maximum atomic E-state index is 12.5. The smallest absolute Gasteiger partial charge is 0.281 e. The van der Waals surface area contributed by atoms with E-state index in [0.717, 1.165) is 21.9 Å². The van der Waals surface area contributed by atoms with Gasteiger partial charge in [-0.05, 0) is 36.8 Å². The summed E-state index contributed by atoms with van der Waals surface area (Å²) in [6.45, 7) is 2.35. The van der Waals surface area contributed by atoms with E-state index >= 15 is 0 Å². The first-order valence-electron chi connectivity index (χ1n) is 8.57. The topological polar surface area (TPSA) is 75.3 Å². The monoisotopic (exact) mass is 412 g/mol. The molecule has 1 aromatic heterocycles. The number of amides is 1. The van der Waals surface area contributed by atoms with Crippen LogP contribution in [0, 0.1) is 6.92 Å². The molecule has 0 radical (unpaired) electrons. The van der Waals surface area contributed by atoms with Gasteiger partial charge in [-0.1, -0.05) is 42.5 Å². The third-order valence-electron chi connectivity index (χ3n) is 3.93. The van der Waals surface area contributed by atoms with E-state index in [9.17, 15) is 4.79 Å². The van der Waals surface area contributed by atoms with Gasteiger partial charge in [-0.25, -0.2) is 4.98 Å². The van der Waals surface area contributed by atoms with Gasteiger partial charge < -0.3 is 10.1 Å². The molecule has 3 aromatic rings.